The molecule has 0 aliphatic carbocycles. The zero-order valence-electron chi connectivity index (χ0n) is 14.2. The van der Waals surface area contributed by atoms with Gasteiger partial charge in [0.25, 0.3) is 5.69 Å². The SMILES string of the molecule is CC(=O)C[C@H](c1ccc([N+](=O)[O-])cc1)c1c(O)c2cc(O)ccc2oc1=O. The lowest BCUT2D eigenvalue weighted by molar-refractivity contribution is -0.384. The first-order valence-electron chi connectivity index (χ1n) is 8.00. The van der Waals surface area contributed by atoms with Crippen molar-refractivity contribution in [2.45, 2.75) is 19.3 Å². The zero-order chi connectivity index (χ0) is 19.7. The smallest absolute Gasteiger partial charge is 0.343 e. The molecule has 1 heterocycles. The number of nitro groups is 1. The molecule has 0 amide bonds. The Bertz CT molecular complexity index is 1100. The van der Waals surface area contributed by atoms with Crippen LogP contribution in [0.2, 0.25) is 0 Å². The molecule has 2 N–H and O–H groups in total. The largest absolute Gasteiger partial charge is 0.508 e. The van der Waals surface area contributed by atoms with Gasteiger partial charge in [-0.15, -0.1) is 0 Å². The molecule has 3 rings (SSSR count). The summed E-state index contributed by atoms with van der Waals surface area (Å²) in [5, 5.41) is 31.3. The number of non-ortho nitro benzene ring substituents is 1. The maximum absolute atomic E-state index is 12.5. The van der Waals surface area contributed by atoms with Crippen LogP contribution >= 0.6 is 0 Å². The fourth-order valence-electron chi connectivity index (χ4n) is 3.00. The molecular weight excluding hydrogens is 354 g/mol. The summed E-state index contributed by atoms with van der Waals surface area (Å²) in [6.45, 7) is 1.34. The number of fused-ring (bicyclic) bond motifs is 1. The predicted molar refractivity (Wildman–Crippen MR) is 96.1 cm³/mol. The van der Waals surface area contributed by atoms with Crippen molar-refractivity contribution in [1.82, 2.24) is 0 Å². The molecule has 8 nitrogen and oxygen atoms in total. The highest BCUT2D eigenvalue weighted by molar-refractivity contribution is 5.86. The number of carbonyl (C=O) groups is 1. The number of carbonyl (C=O) groups excluding carboxylic acids is 1. The predicted octanol–water partition coefficient (Wildman–Crippen LogP) is 3.22. The normalized spacial score (nSPS) is 12.0. The third-order valence-electron chi connectivity index (χ3n) is 4.24. The van der Waals surface area contributed by atoms with Crippen LogP contribution in [0.15, 0.2) is 51.7 Å². The van der Waals surface area contributed by atoms with E-state index in [1.54, 1.807) is 0 Å². The summed E-state index contributed by atoms with van der Waals surface area (Å²) in [5.41, 5.74) is -0.574. The Morgan fingerprint density at radius 2 is 1.85 bits per heavy atom. The van der Waals surface area contributed by atoms with E-state index in [1.165, 1.54) is 49.4 Å². The van der Waals surface area contributed by atoms with Crippen molar-refractivity contribution in [3.63, 3.8) is 0 Å². The highest BCUT2D eigenvalue weighted by Crippen LogP contribution is 2.37. The van der Waals surface area contributed by atoms with Gasteiger partial charge < -0.3 is 14.6 Å². The van der Waals surface area contributed by atoms with Crippen molar-refractivity contribution in [2.75, 3.05) is 0 Å². The van der Waals surface area contributed by atoms with E-state index < -0.39 is 22.2 Å². The van der Waals surface area contributed by atoms with E-state index in [9.17, 15) is 29.9 Å². The average molecular weight is 369 g/mol. The number of nitrogens with zero attached hydrogens (tertiary/aromatic N) is 1. The number of hydrogen-bond donors (Lipinski definition) is 2. The summed E-state index contributed by atoms with van der Waals surface area (Å²) in [6.07, 6.45) is -0.111. The summed E-state index contributed by atoms with van der Waals surface area (Å²) >= 11 is 0. The Balaban J connectivity index is 2.22. The van der Waals surface area contributed by atoms with Gasteiger partial charge in [0, 0.05) is 24.5 Å². The Morgan fingerprint density at radius 1 is 1.19 bits per heavy atom. The Kier molecular flexibility index (Phi) is 4.64. The number of phenols is 1. The minimum absolute atomic E-state index is 0.0873. The third-order valence-corrected chi connectivity index (χ3v) is 4.24. The first-order valence-corrected chi connectivity index (χ1v) is 8.00. The van der Waals surface area contributed by atoms with Gasteiger partial charge >= 0.3 is 5.63 Å². The minimum Gasteiger partial charge on any atom is -0.508 e. The molecular formula is C19H15NO7. The van der Waals surface area contributed by atoms with Gasteiger partial charge in [-0.1, -0.05) is 12.1 Å². The van der Waals surface area contributed by atoms with E-state index in [1.807, 2.05) is 0 Å². The highest BCUT2D eigenvalue weighted by atomic mass is 16.6. The number of rotatable bonds is 5. The van der Waals surface area contributed by atoms with Crippen LogP contribution in [0.5, 0.6) is 11.5 Å². The molecule has 1 aromatic heterocycles. The molecule has 0 unspecified atom stereocenters. The summed E-state index contributed by atoms with van der Waals surface area (Å²) in [5.74, 6) is -1.63. The van der Waals surface area contributed by atoms with Gasteiger partial charge in [-0.2, -0.15) is 0 Å². The summed E-state index contributed by atoms with van der Waals surface area (Å²) in [4.78, 5) is 34.5. The molecule has 2 aromatic carbocycles. The van der Waals surface area contributed by atoms with Crippen LogP contribution in [0.25, 0.3) is 11.0 Å². The molecule has 0 spiro atoms. The molecule has 27 heavy (non-hydrogen) atoms. The van der Waals surface area contributed by atoms with E-state index in [4.69, 9.17) is 4.42 Å². The first-order chi connectivity index (χ1) is 12.8. The van der Waals surface area contributed by atoms with Crippen LogP contribution in [0.1, 0.15) is 30.4 Å². The van der Waals surface area contributed by atoms with Gasteiger partial charge in [-0.3, -0.25) is 14.9 Å². The van der Waals surface area contributed by atoms with Crippen molar-refractivity contribution >= 4 is 22.4 Å². The molecule has 0 saturated heterocycles. The number of aromatic hydroxyl groups is 2. The topological polar surface area (TPSA) is 131 Å². The summed E-state index contributed by atoms with van der Waals surface area (Å²) < 4.78 is 5.23. The van der Waals surface area contributed by atoms with Crippen LogP contribution in [-0.4, -0.2) is 20.9 Å². The fourth-order valence-corrected chi connectivity index (χ4v) is 3.00. The number of phenolic OH excluding ortho intramolecular Hbond substituents is 1. The molecule has 0 aliphatic rings. The molecule has 0 radical (unpaired) electrons. The van der Waals surface area contributed by atoms with E-state index in [2.05, 4.69) is 0 Å². The fraction of sp³-hybridized carbons (Fsp3) is 0.158. The van der Waals surface area contributed by atoms with Gasteiger partial charge in [0.05, 0.1) is 15.9 Å². The third kappa shape index (κ3) is 3.50. The number of ketones is 1. The monoisotopic (exact) mass is 369 g/mol. The van der Waals surface area contributed by atoms with Gasteiger partial charge in [0.15, 0.2) is 0 Å². The van der Waals surface area contributed by atoms with Crippen LogP contribution in [0.3, 0.4) is 0 Å². The molecule has 3 aromatic rings. The Morgan fingerprint density at radius 3 is 2.44 bits per heavy atom. The Labute approximate surface area is 152 Å². The molecule has 1 atom stereocenters. The van der Waals surface area contributed by atoms with Gasteiger partial charge in [-0.05, 0) is 30.7 Å². The molecule has 8 heteroatoms. The number of benzene rings is 2. The van der Waals surface area contributed by atoms with Gasteiger partial charge in [-0.25, -0.2) is 4.79 Å². The van der Waals surface area contributed by atoms with Crippen LogP contribution in [0.4, 0.5) is 5.69 Å². The van der Waals surface area contributed by atoms with Gasteiger partial charge in [0.2, 0.25) is 0 Å². The second kappa shape index (κ2) is 6.91. The van der Waals surface area contributed by atoms with Crippen molar-refractivity contribution in [3.05, 3.63) is 74.1 Å². The quantitative estimate of drug-likeness (QED) is 0.401. The standard InChI is InChI=1S/C19H15NO7/c1-10(21)8-14(11-2-4-12(5-3-11)20(25)26)17-18(23)15-9-13(22)6-7-16(15)27-19(17)24/h2-7,9,14,22-23H,8H2,1H3/t14-/m1/s1. The first kappa shape index (κ1) is 18.1. The van der Waals surface area contributed by atoms with Crippen LogP contribution < -0.4 is 5.63 Å². The van der Waals surface area contributed by atoms with Gasteiger partial charge in [0.1, 0.15) is 22.9 Å². The van der Waals surface area contributed by atoms with Crippen molar-refractivity contribution in [2.24, 2.45) is 0 Å². The average Bonchev–Trinajstić information content (AvgIpc) is 2.61. The van der Waals surface area contributed by atoms with Crippen molar-refractivity contribution in [1.29, 1.82) is 0 Å². The minimum atomic E-state index is -0.855. The second-order valence-electron chi connectivity index (χ2n) is 6.14. The molecule has 0 saturated carbocycles. The molecule has 0 fully saturated rings. The molecule has 0 aliphatic heterocycles. The summed E-state index contributed by atoms with van der Waals surface area (Å²) in [6, 6.07) is 9.28. The maximum Gasteiger partial charge on any atom is 0.343 e. The highest BCUT2D eigenvalue weighted by Gasteiger charge is 2.26. The van der Waals surface area contributed by atoms with Crippen LogP contribution in [0, 0.1) is 10.1 Å². The second-order valence-corrected chi connectivity index (χ2v) is 6.14. The zero-order valence-corrected chi connectivity index (χ0v) is 14.2. The van der Waals surface area contributed by atoms with Crippen LogP contribution in [-0.2, 0) is 4.79 Å². The van der Waals surface area contributed by atoms with Crippen molar-refractivity contribution in [3.8, 4) is 11.5 Å². The van der Waals surface area contributed by atoms with E-state index in [0.717, 1.165) is 0 Å². The van der Waals surface area contributed by atoms with E-state index in [0.29, 0.717) is 5.56 Å². The summed E-state index contributed by atoms with van der Waals surface area (Å²) in [7, 11) is 0. The lowest BCUT2D eigenvalue weighted by atomic mass is 9.87. The number of Topliss-reactive ketones (excluding diaryl/α,β-unsaturated/α-hetero) is 1. The Hall–Kier alpha value is -3.68. The molecule has 138 valence electrons. The lowest BCUT2D eigenvalue weighted by Gasteiger charge is -2.17. The van der Waals surface area contributed by atoms with E-state index in [-0.39, 0.29) is 40.2 Å². The van der Waals surface area contributed by atoms with E-state index >= 15 is 0 Å². The lowest BCUT2D eigenvalue weighted by Crippen LogP contribution is -2.16. The maximum atomic E-state index is 12.5. The number of nitro benzene ring substituents is 1. The van der Waals surface area contributed by atoms with Crippen molar-refractivity contribution < 1.29 is 24.3 Å². The molecule has 0 bridgehead atoms. The number of hydrogen-bond acceptors (Lipinski definition) is 7.